The highest BCUT2D eigenvalue weighted by Gasteiger charge is 2.32. The number of carbonyl (C=O) groups is 2. The van der Waals surface area contributed by atoms with E-state index in [2.05, 4.69) is 0 Å². The minimum atomic E-state index is -4.58. The van der Waals surface area contributed by atoms with Gasteiger partial charge in [-0.1, -0.05) is 20.3 Å². The summed E-state index contributed by atoms with van der Waals surface area (Å²) in [4.78, 5) is 25.2. The number of aromatic hydroxyl groups is 1. The number of hydrogen-bond donors (Lipinski definition) is 1. The maximum atomic E-state index is 14.2. The van der Waals surface area contributed by atoms with Crippen LogP contribution in [0.2, 0.25) is 0 Å². The van der Waals surface area contributed by atoms with E-state index in [0.717, 1.165) is 41.0 Å². The molecule has 0 spiro atoms. The lowest BCUT2D eigenvalue weighted by molar-refractivity contribution is -0.309. The summed E-state index contributed by atoms with van der Waals surface area (Å²) in [6.07, 6.45) is -4.12. The van der Waals surface area contributed by atoms with Gasteiger partial charge in [-0.3, -0.25) is 9.36 Å². The number of aliphatic carboxylic acids is 1. The van der Waals surface area contributed by atoms with Crippen molar-refractivity contribution in [1.29, 1.82) is 0 Å². The van der Waals surface area contributed by atoms with Gasteiger partial charge in [-0.25, -0.2) is 4.39 Å². The number of alkyl halides is 3. The van der Waals surface area contributed by atoms with Crippen molar-refractivity contribution in [2.45, 2.75) is 39.3 Å². The third-order valence-electron chi connectivity index (χ3n) is 5.76. The Hall–Kier alpha value is -3.36. The fraction of sp³-hybridized carbons (Fsp3) is 0.304. The van der Waals surface area contributed by atoms with Gasteiger partial charge < -0.3 is 15.0 Å². The first kappa shape index (κ1) is 23.3. The van der Waals surface area contributed by atoms with Crippen LogP contribution in [0.25, 0.3) is 10.9 Å². The molecule has 170 valence electrons. The molecule has 1 heterocycles. The third-order valence-corrected chi connectivity index (χ3v) is 5.76. The van der Waals surface area contributed by atoms with Crippen LogP contribution in [0, 0.1) is 18.7 Å². The van der Waals surface area contributed by atoms with Crippen LogP contribution in [0.15, 0.2) is 36.4 Å². The largest absolute Gasteiger partial charge is 0.549 e. The van der Waals surface area contributed by atoms with Crippen LogP contribution in [0.3, 0.4) is 0 Å². The second-order valence-corrected chi connectivity index (χ2v) is 7.72. The molecule has 3 aromatic rings. The zero-order valence-electron chi connectivity index (χ0n) is 17.5. The average molecular weight is 450 g/mol. The summed E-state index contributed by atoms with van der Waals surface area (Å²) in [5, 5.41) is 22.0. The van der Waals surface area contributed by atoms with E-state index in [1.54, 1.807) is 13.8 Å². The minimum Gasteiger partial charge on any atom is -0.549 e. The average Bonchev–Trinajstić information content (AvgIpc) is 2.98. The van der Waals surface area contributed by atoms with Gasteiger partial charge in [0.25, 0.3) is 5.91 Å². The summed E-state index contributed by atoms with van der Waals surface area (Å²) in [6, 6.07) is 5.44. The number of carboxylic acids is 1. The number of benzene rings is 2. The van der Waals surface area contributed by atoms with Crippen molar-refractivity contribution in [2.24, 2.45) is 5.92 Å². The molecule has 0 aliphatic rings. The fourth-order valence-electron chi connectivity index (χ4n) is 3.90. The quantitative estimate of drug-likeness (QED) is 0.585. The standard InChI is InChI=1S/C23H21F4NO4/c1-4-11(2)19(22(31)32)20-12(3)28(17-10-16(24)18(29)9-15(17)20)21(30)13-5-7-14(8-6-13)23(25,26)27/h5-11,19,29H,4H2,1-3H3,(H,31,32)/p-1/t11?,19-/m1/s1. The van der Waals surface area contributed by atoms with E-state index in [0.29, 0.717) is 6.42 Å². The third kappa shape index (κ3) is 3.94. The Morgan fingerprint density at radius 3 is 2.25 bits per heavy atom. The van der Waals surface area contributed by atoms with Gasteiger partial charge in [-0.2, -0.15) is 13.2 Å². The topological polar surface area (TPSA) is 82.4 Å². The summed E-state index contributed by atoms with van der Waals surface area (Å²) in [5.74, 6) is -5.48. The van der Waals surface area contributed by atoms with Crippen molar-refractivity contribution in [1.82, 2.24) is 4.57 Å². The number of fused-ring (bicyclic) bond motifs is 1. The molecule has 0 saturated carbocycles. The van der Waals surface area contributed by atoms with Crippen molar-refractivity contribution in [2.75, 3.05) is 0 Å². The predicted molar refractivity (Wildman–Crippen MR) is 107 cm³/mol. The lowest BCUT2D eigenvalue weighted by Crippen LogP contribution is -2.33. The first-order valence-corrected chi connectivity index (χ1v) is 9.84. The number of carbonyl (C=O) groups excluding carboxylic acids is 2. The first-order chi connectivity index (χ1) is 14.9. The molecule has 0 saturated heterocycles. The Bertz CT molecular complexity index is 1200. The molecule has 0 aliphatic heterocycles. The SMILES string of the molecule is CCC(C)[C@@H](C(=O)[O-])c1c(C)n(C(=O)c2ccc(C(F)(F)F)cc2)c2cc(F)c(O)cc12. The van der Waals surface area contributed by atoms with E-state index < -0.39 is 47.0 Å². The molecule has 2 aromatic carbocycles. The lowest BCUT2D eigenvalue weighted by atomic mass is 9.84. The van der Waals surface area contributed by atoms with E-state index in [1.807, 2.05) is 0 Å². The monoisotopic (exact) mass is 450 g/mol. The minimum absolute atomic E-state index is 0.00718. The molecule has 3 rings (SSSR count). The molecular weight excluding hydrogens is 430 g/mol. The summed E-state index contributed by atoms with van der Waals surface area (Å²) >= 11 is 0. The molecule has 0 fully saturated rings. The van der Waals surface area contributed by atoms with E-state index in [-0.39, 0.29) is 27.7 Å². The predicted octanol–water partition coefficient (Wildman–Crippen LogP) is 4.38. The maximum absolute atomic E-state index is 14.2. The van der Waals surface area contributed by atoms with Gasteiger partial charge in [0.1, 0.15) is 0 Å². The van der Waals surface area contributed by atoms with Crippen molar-refractivity contribution in [3.05, 3.63) is 64.6 Å². The molecule has 1 aromatic heterocycles. The number of nitrogens with zero attached hydrogens (tertiary/aromatic N) is 1. The molecule has 2 atom stereocenters. The summed E-state index contributed by atoms with van der Waals surface area (Å²) < 4.78 is 53.8. The number of phenols is 1. The molecule has 0 radical (unpaired) electrons. The highest BCUT2D eigenvalue weighted by Crippen LogP contribution is 2.39. The van der Waals surface area contributed by atoms with Crippen molar-refractivity contribution < 1.29 is 37.4 Å². The van der Waals surface area contributed by atoms with E-state index in [4.69, 9.17) is 0 Å². The lowest BCUT2D eigenvalue weighted by Gasteiger charge is -2.25. The molecule has 1 N–H and O–H groups in total. The van der Waals surface area contributed by atoms with Gasteiger partial charge in [0.15, 0.2) is 11.6 Å². The van der Waals surface area contributed by atoms with E-state index in [1.165, 1.54) is 6.92 Å². The van der Waals surface area contributed by atoms with Gasteiger partial charge in [0.05, 0.1) is 11.1 Å². The van der Waals surface area contributed by atoms with E-state index in [9.17, 15) is 37.4 Å². The Morgan fingerprint density at radius 1 is 1.16 bits per heavy atom. The van der Waals surface area contributed by atoms with Crippen LogP contribution < -0.4 is 5.11 Å². The molecular formula is C23H20F4NO4-. The molecule has 9 heteroatoms. The Balaban J connectivity index is 2.28. The zero-order valence-corrected chi connectivity index (χ0v) is 17.5. The number of aromatic nitrogens is 1. The number of rotatable bonds is 5. The van der Waals surface area contributed by atoms with Gasteiger partial charge in [-0.15, -0.1) is 0 Å². The molecule has 0 amide bonds. The molecule has 5 nitrogen and oxygen atoms in total. The Morgan fingerprint density at radius 2 is 1.75 bits per heavy atom. The van der Waals surface area contributed by atoms with E-state index >= 15 is 0 Å². The molecule has 0 bridgehead atoms. The van der Waals surface area contributed by atoms with Crippen LogP contribution in [-0.2, 0) is 11.0 Å². The highest BCUT2D eigenvalue weighted by atomic mass is 19.4. The Labute approximate surface area is 180 Å². The van der Waals surface area contributed by atoms with Crippen LogP contribution in [0.5, 0.6) is 5.75 Å². The van der Waals surface area contributed by atoms with Crippen molar-refractivity contribution >= 4 is 22.8 Å². The smallest absolute Gasteiger partial charge is 0.416 e. The number of phenolic OH excluding ortho intramolecular Hbond substituents is 1. The number of carboxylic acid groups (broad SMARTS) is 1. The van der Waals surface area contributed by atoms with Crippen molar-refractivity contribution in [3.63, 3.8) is 0 Å². The van der Waals surface area contributed by atoms with Crippen molar-refractivity contribution in [3.8, 4) is 5.75 Å². The maximum Gasteiger partial charge on any atom is 0.416 e. The van der Waals surface area contributed by atoms with Crippen LogP contribution in [-0.4, -0.2) is 21.6 Å². The fourth-order valence-corrected chi connectivity index (χ4v) is 3.90. The van der Waals surface area contributed by atoms with Gasteiger partial charge >= 0.3 is 6.18 Å². The summed E-state index contributed by atoms with van der Waals surface area (Å²) in [7, 11) is 0. The second kappa shape index (κ2) is 8.29. The van der Waals surface area contributed by atoms with Gasteiger partial charge in [0.2, 0.25) is 0 Å². The molecule has 1 unspecified atom stereocenters. The zero-order chi connectivity index (χ0) is 24.0. The second-order valence-electron chi connectivity index (χ2n) is 7.72. The van der Waals surface area contributed by atoms with Crippen LogP contribution in [0.1, 0.15) is 53.4 Å². The van der Waals surface area contributed by atoms with Gasteiger partial charge in [0, 0.05) is 34.6 Å². The molecule has 0 aliphatic carbocycles. The normalized spacial score (nSPS) is 13.8. The molecule has 32 heavy (non-hydrogen) atoms. The van der Waals surface area contributed by atoms with Crippen LogP contribution in [0.4, 0.5) is 17.6 Å². The van der Waals surface area contributed by atoms with Crippen LogP contribution >= 0.6 is 0 Å². The Kier molecular flexibility index (Phi) is 6.04. The van der Waals surface area contributed by atoms with Gasteiger partial charge in [-0.05, 0) is 48.7 Å². The first-order valence-electron chi connectivity index (χ1n) is 9.84. The highest BCUT2D eigenvalue weighted by molar-refractivity contribution is 6.05. The number of halogens is 4. The summed E-state index contributed by atoms with van der Waals surface area (Å²) in [5.41, 5.74) is -0.693. The summed E-state index contributed by atoms with van der Waals surface area (Å²) in [6.45, 7) is 4.92. The number of hydrogen-bond acceptors (Lipinski definition) is 4.